The van der Waals surface area contributed by atoms with Crippen molar-refractivity contribution in [1.29, 1.82) is 0 Å². The van der Waals surface area contributed by atoms with Crippen molar-refractivity contribution in [2.45, 2.75) is 39.2 Å². The van der Waals surface area contributed by atoms with E-state index in [1.54, 1.807) is 24.3 Å². The summed E-state index contributed by atoms with van der Waals surface area (Å²) in [5.74, 6) is 1.91. The first kappa shape index (κ1) is 23.8. The Hall–Kier alpha value is -3.31. The van der Waals surface area contributed by atoms with Gasteiger partial charge in [0.15, 0.2) is 0 Å². The van der Waals surface area contributed by atoms with Gasteiger partial charge in [-0.2, -0.15) is 0 Å². The Morgan fingerprint density at radius 3 is 2.53 bits per heavy atom. The van der Waals surface area contributed by atoms with Crippen LogP contribution in [0.3, 0.4) is 0 Å². The summed E-state index contributed by atoms with van der Waals surface area (Å²) >= 11 is 5.88. The molecule has 176 valence electrons. The van der Waals surface area contributed by atoms with Crippen molar-refractivity contribution < 1.29 is 9.53 Å². The van der Waals surface area contributed by atoms with Gasteiger partial charge in [-0.3, -0.25) is 4.79 Å². The normalized spacial score (nSPS) is 11.0. The molecule has 0 saturated carbocycles. The highest BCUT2D eigenvalue weighted by Gasteiger charge is 2.11. The van der Waals surface area contributed by atoms with E-state index in [1.165, 1.54) is 5.56 Å². The Bertz CT molecular complexity index is 1220. The third-order valence-corrected chi connectivity index (χ3v) is 6.06. The summed E-state index contributed by atoms with van der Waals surface area (Å²) in [6.45, 7) is 4.07. The number of carbonyl (C=O) groups excluding carboxylic acids is 1. The highest BCUT2D eigenvalue weighted by molar-refractivity contribution is 6.30. The second-order valence-electron chi connectivity index (χ2n) is 8.40. The zero-order chi connectivity index (χ0) is 23.8. The van der Waals surface area contributed by atoms with Crippen molar-refractivity contribution in [2.75, 3.05) is 13.2 Å². The third kappa shape index (κ3) is 6.39. The number of para-hydroxylation sites is 2. The van der Waals surface area contributed by atoms with E-state index in [0.29, 0.717) is 23.7 Å². The smallest absolute Gasteiger partial charge is 0.251 e. The number of halogens is 1. The number of amides is 1. The van der Waals surface area contributed by atoms with Gasteiger partial charge in [0.1, 0.15) is 18.2 Å². The van der Waals surface area contributed by atoms with Crippen molar-refractivity contribution in [3.8, 4) is 5.75 Å². The molecule has 0 radical (unpaired) electrons. The summed E-state index contributed by atoms with van der Waals surface area (Å²) in [6.07, 6.45) is 3.85. The topological polar surface area (TPSA) is 56.1 Å². The first-order valence-corrected chi connectivity index (χ1v) is 12.2. The number of fused-ring (bicyclic) bond motifs is 1. The highest BCUT2D eigenvalue weighted by Crippen LogP contribution is 2.19. The van der Waals surface area contributed by atoms with Crippen LogP contribution in [0.5, 0.6) is 5.75 Å². The number of nitrogens with one attached hydrogen (secondary N) is 1. The predicted molar refractivity (Wildman–Crippen MR) is 138 cm³/mol. The Kier molecular flexibility index (Phi) is 8.21. The van der Waals surface area contributed by atoms with Crippen LogP contribution >= 0.6 is 11.6 Å². The quantitative estimate of drug-likeness (QED) is 0.262. The zero-order valence-electron chi connectivity index (χ0n) is 19.5. The van der Waals surface area contributed by atoms with Gasteiger partial charge >= 0.3 is 0 Å². The molecule has 0 unspecified atom stereocenters. The number of hydrogen-bond acceptors (Lipinski definition) is 3. The van der Waals surface area contributed by atoms with Crippen LogP contribution in [0.1, 0.15) is 41.0 Å². The van der Waals surface area contributed by atoms with Gasteiger partial charge in [0.25, 0.3) is 5.91 Å². The van der Waals surface area contributed by atoms with E-state index in [2.05, 4.69) is 47.1 Å². The van der Waals surface area contributed by atoms with E-state index in [0.717, 1.165) is 54.8 Å². The average molecular weight is 476 g/mol. The molecule has 4 aromatic rings. The molecular weight excluding hydrogens is 446 g/mol. The van der Waals surface area contributed by atoms with Gasteiger partial charge in [0.2, 0.25) is 0 Å². The molecule has 0 bridgehead atoms. The number of aryl methyl sites for hydroxylation is 2. The Morgan fingerprint density at radius 1 is 0.971 bits per heavy atom. The molecule has 0 spiro atoms. The maximum absolute atomic E-state index is 12.2. The minimum absolute atomic E-state index is 0.0629. The molecule has 0 fully saturated rings. The number of unbranched alkanes of at least 4 members (excludes halogenated alkanes) is 2. The number of aromatic nitrogens is 2. The molecule has 0 atom stereocenters. The van der Waals surface area contributed by atoms with Gasteiger partial charge < -0.3 is 14.6 Å². The summed E-state index contributed by atoms with van der Waals surface area (Å²) < 4.78 is 8.23. The first-order chi connectivity index (χ1) is 16.6. The first-order valence-electron chi connectivity index (χ1n) is 11.8. The largest absolute Gasteiger partial charge is 0.492 e. The van der Waals surface area contributed by atoms with Gasteiger partial charge in [0, 0.05) is 23.6 Å². The average Bonchev–Trinajstić information content (AvgIpc) is 3.20. The van der Waals surface area contributed by atoms with Crippen molar-refractivity contribution in [2.24, 2.45) is 0 Å². The molecule has 0 saturated heterocycles. The summed E-state index contributed by atoms with van der Waals surface area (Å²) in [4.78, 5) is 17.1. The fourth-order valence-corrected chi connectivity index (χ4v) is 4.07. The molecule has 34 heavy (non-hydrogen) atoms. The second-order valence-corrected chi connectivity index (χ2v) is 8.84. The maximum atomic E-state index is 12.2. The fraction of sp³-hybridized carbons (Fsp3) is 0.286. The number of nitrogens with zero attached hydrogens (tertiary/aromatic N) is 2. The second kappa shape index (κ2) is 11.7. The lowest BCUT2D eigenvalue weighted by Crippen LogP contribution is -2.24. The Balaban J connectivity index is 1.26. The SMILES string of the molecule is Cc1ccc(OCCn2c(CCCCCNC(=O)c3ccc(Cl)cc3)nc3ccccc32)cc1. The van der Waals surface area contributed by atoms with Crippen LogP contribution < -0.4 is 10.1 Å². The molecule has 5 nitrogen and oxygen atoms in total. The van der Waals surface area contributed by atoms with Crippen molar-refractivity contribution in [1.82, 2.24) is 14.9 Å². The molecule has 1 amide bonds. The molecule has 6 heteroatoms. The summed E-state index contributed by atoms with van der Waals surface area (Å²) in [5, 5.41) is 3.61. The predicted octanol–water partition coefficient (Wildman–Crippen LogP) is 6.22. The monoisotopic (exact) mass is 475 g/mol. The highest BCUT2D eigenvalue weighted by atomic mass is 35.5. The third-order valence-electron chi connectivity index (χ3n) is 5.81. The Morgan fingerprint density at radius 2 is 1.74 bits per heavy atom. The number of rotatable bonds is 11. The van der Waals surface area contributed by atoms with Crippen molar-refractivity contribution in [3.63, 3.8) is 0 Å². The number of carbonyl (C=O) groups is 1. The fourth-order valence-electron chi connectivity index (χ4n) is 3.95. The van der Waals surface area contributed by atoms with E-state index in [4.69, 9.17) is 21.3 Å². The zero-order valence-corrected chi connectivity index (χ0v) is 20.2. The standard InChI is InChI=1S/C28H30ClN3O2/c1-21-10-16-24(17-11-21)34-20-19-32-26-8-5-4-7-25(26)31-27(32)9-3-2-6-18-30-28(33)22-12-14-23(29)15-13-22/h4-5,7-8,10-17H,2-3,6,9,18-20H2,1H3,(H,30,33). The molecule has 0 aliphatic rings. The van der Waals surface area contributed by atoms with E-state index < -0.39 is 0 Å². The molecule has 1 heterocycles. The lowest BCUT2D eigenvalue weighted by atomic mass is 10.1. The molecule has 3 aromatic carbocycles. The molecule has 1 N–H and O–H groups in total. The van der Waals surface area contributed by atoms with Crippen molar-refractivity contribution >= 4 is 28.5 Å². The van der Waals surface area contributed by atoms with Crippen LogP contribution in [0.4, 0.5) is 0 Å². The number of ether oxygens (including phenoxy) is 1. The van der Waals surface area contributed by atoms with E-state index >= 15 is 0 Å². The Labute approximate surface area is 205 Å². The molecule has 4 rings (SSSR count). The van der Waals surface area contributed by atoms with Gasteiger partial charge in [-0.05, 0) is 68.3 Å². The lowest BCUT2D eigenvalue weighted by Gasteiger charge is -2.11. The molecule has 1 aromatic heterocycles. The van der Waals surface area contributed by atoms with Crippen LogP contribution in [0.2, 0.25) is 5.02 Å². The van der Waals surface area contributed by atoms with E-state index in [-0.39, 0.29) is 5.91 Å². The number of benzene rings is 3. The number of imidazole rings is 1. The van der Waals surface area contributed by atoms with Gasteiger partial charge in [-0.15, -0.1) is 0 Å². The summed E-state index contributed by atoms with van der Waals surface area (Å²) in [7, 11) is 0. The number of hydrogen-bond donors (Lipinski definition) is 1. The minimum Gasteiger partial charge on any atom is -0.492 e. The maximum Gasteiger partial charge on any atom is 0.251 e. The van der Waals surface area contributed by atoms with Gasteiger partial charge in [-0.1, -0.05) is 47.9 Å². The minimum atomic E-state index is -0.0629. The summed E-state index contributed by atoms with van der Waals surface area (Å²) in [5.41, 5.74) is 4.01. The van der Waals surface area contributed by atoms with Crippen LogP contribution in [-0.4, -0.2) is 28.6 Å². The molecule has 0 aliphatic heterocycles. The lowest BCUT2D eigenvalue weighted by molar-refractivity contribution is 0.0953. The van der Waals surface area contributed by atoms with Crippen molar-refractivity contribution in [3.05, 3.63) is 94.8 Å². The molecular formula is C28H30ClN3O2. The van der Waals surface area contributed by atoms with Crippen LogP contribution in [0.15, 0.2) is 72.8 Å². The molecule has 0 aliphatic carbocycles. The van der Waals surface area contributed by atoms with Crippen LogP contribution in [0, 0.1) is 6.92 Å². The summed E-state index contributed by atoms with van der Waals surface area (Å²) in [6, 6.07) is 23.3. The van der Waals surface area contributed by atoms with E-state index in [1.807, 2.05) is 18.2 Å². The van der Waals surface area contributed by atoms with E-state index in [9.17, 15) is 4.79 Å². The van der Waals surface area contributed by atoms with Gasteiger partial charge in [-0.25, -0.2) is 4.98 Å². The van der Waals surface area contributed by atoms with Crippen LogP contribution in [-0.2, 0) is 13.0 Å². The van der Waals surface area contributed by atoms with Gasteiger partial charge in [0.05, 0.1) is 17.6 Å². The van der Waals surface area contributed by atoms with Crippen LogP contribution in [0.25, 0.3) is 11.0 Å².